The SMILES string of the molecule is Cc1cnc(NC(=O)CN(CC(C)C)C(=O)CC(C)C)s1. The molecule has 0 bridgehead atoms. The predicted octanol–water partition coefficient (Wildman–Crippen LogP) is 2.92. The first-order valence-electron chi connectivity index (χ1n) is 7.28. The Morgan fingerprint density at radius 2 is 1.95 bits per heavy atom. The molecule has 1 aromatic rings. The van der Waals surface area contributed by atoms with Crippen LogP contribution in [0.25, 0.3) is 0 Å². The normalized spacial score (nSPS) is 11.0. The van der Waals surface area contributed by atoms with Gasteiger partial charge >= 0.3 is 0 Å². The lowest BCUT2D eigenvalue weighted by Gasteiger charge is -2.24. The van der Waals surface area contributed by atoms with E-state index >= 15 is 0 Å². The van der Waals surface area contributed by atoms with Gasteiger partial charge in [-0.15, -0.1) is 11.3 Å². The number of nitrogens with zero attached hydrogens (tertiary/aromatic N) is 2. The molecule has 0 aromatic carbocycles. The molecule has 118 valence electrons. The Morgan fingerprint density at radius 3 is 2.43 bits per heavy atom. The summed E-state index contributed by atoms with van der Waals surface area (Å²) in [5.41, 5.74) is 0. The summed E-state index contributed by atoms with van der Waals surface area (Å²) in [6.07, 6.45) is 2.19. The average molecular weight is 311 g/mol. The van der Waals surface area contributed by atoms with Crippen molar-refractivity contribution in [3.05, 3.63) is 11.1 Å². The van der Waals surface area contributed by atoms with Crippen LogP contribution < -0.4 is 5.32 Å². The Labute approximate surface area is 130 Å². The van der Waals surface area contributed by atoms with Crippen LogP contribution in [0.15, 0.2) is 6.20 Å². The van der Waals surface area contributed by atoms with Crippen LogP contribution in [0, 0.1) is 18.8 Å². The summed E-state index contributed by atoms with van der Waals surface area (Å²) in [4.78, 5) is 31.1. The quantitative estimate of drug-likeness (QED) is 0.842. The molecule has 0 atom stereocenters. The minimum Gasteiger partial charge on any atom is -0.333 e. The maximum atomic E-state index is 12.2. The highest BCUT2D eigenvalue weighted by molar-refractivity contribution is 7.15. The van der Waals surface area contributed by atoms with Gasteiger partial charge < -0.3 is 10.2 Å². The largest absolute Gasteiger partial charge is 0.333 e. The first kappa shape index (κ1) is 17.6. The lowest BCUT2D eigenvalue weighted by atomic mass is 10.1. The summed E-state index contributed by atoms with van der Waals surface area (Å²) in [5.74, 6) is 0.458. The van der Waals surface area contributed by atoms with Crippen molar-refractivity contribution in [3.8, 4) is 0 Å². The standard InChI is InChI=1S/C15H25N3O2S/c1-10(2)6-14(20)18(8-11(3)4)9-13(19)17-15-16-7-12(5)21-15/h7,10-11H,6,8-9H2,1-5H3,(H,16,17,19). The minimum atomic E-state index is -0.192. The summed E-state index contributed by atoms with van der Waals surface area (Å²) in [5, 5.41) is 3.33. The third-order valence-electron chi connectivity index (χ3n) is 2.72. The van der Waals surface area contributed by atoms with Gasteiger partial charge in [0.25, 0.3) is 0 Å². The van der Waals surface area contributed by atoms with E-state index in [2.05, 4.69) is 10.3 Å². The number of thiazole rings is 1. The Bertz CT molecular complexity index is 483. The number of amides is 2. The molecule has 0 saturated heterocycles. The molecule has 0 saturated carbocycles. The fourth-order valence-corrected chi connectivity index (χ4v) is 2.60. The van der Waals surface area contributed by atoms with E-state index < -0.39 is 0 Å². The van der Waals surface area contributed by atoms with Crippen molar-refractivity contribution < 1.29 is 9.59 Å². The summed E-state index contributed by atoms with van der Waals surface area (Å²) < 4.78 is 0. The fourth-order valence-electron chi connectivity index (χ4n) is 1.92. The van der Waals surface area contributed by atoms with Crippen molar-refractivity contribution >= 4 is 28.3 Å². The molecule has 1 aromatic heterocycles. The number of rotatable bonds is 7. The number of nitrogens with one attached hydrogen (secondary N) is 1. The Morgan fingerprint density at radius 1 is 1.29 bits per heavy atom. The summed E-state index contributed by atoms with van der Waals surface area (Å²) >= 11 is 1.43. The van der Waals surface area contributed by atoms with Gasteiger partial charge in [0.15, 0.2) is 5.13 Å². The number of carbonyl (C=O) groups excluding carboxylic acids is 2. The van der Waals surface area contributed by atoms with E-state index in [1.165, 1.54) is 11.3 Å². The zero-order valence-electron chi connectivity index (χ0n) is 13.5. The summed E-state index contributed by atoms with van der Waals surface area (Å²) in [6, 6.07) is 0. The van der Waals surface area contributed by atoms with Crippen LogP contribution in [0.5, 0.6) is 0 Å². The zero-order chi connectivity index (χ0) is 16.0. The monoisotopic (exact) mass is 311 g/mol. The highest BCUT2D eigenvalue weighted by Gasteiger charge is 2.19. The van der Waals surface area contributed by atoms with E-state index in [9.17, 15) is 9.59 Å². The van der Waals surface area contributed by atoms with Crippen LogP contribution in [0.4, 0.5) is 5.13 Å². The first-order valence-corrected chi connectivity index (χ1v) is 8.09. The van der Waals surface area contributed by atoms with Gasteiger partial charge in [-0.05, 0) is 18.8 Å². The van der Waals surface area contributed by atoms with Crippen molar-refractivity contribution in [3.63, 3.8) is 0 Å². The lowest BCUT2D eigenvalue weighted by Crippen LogP contribution is -2.40. The van der Waals surface area contributed by atoms with Gasteiger partial charge in [-0.3, -0.25) is 9.59 Å². The third-order valence-corrected chi connectivity index (χ3v) is 3.55. The molecule has 0 aliphatic carbocycles. The third kappa shape index (κ3) is 6.71. The van der Waals surface area contributed by atoms with E-state index in [1.807, 2.05) is 34.6 Å². The van der Waals surface area contributed by atoms with Crippen molar-refractivity contribution in [2.24, 2.45) is 11.8 Å². The molecule has 0 unspecified atom stereocenters. The molecule has 6 heteroatoms. The highest BCUT2D eigenvalue weighted by Crippen LogP contribution is 2.16. The number of hydrogen-bond donors (Lipinski definition) is 1. The molecule has 0 aliphatic heterocycles. The number of aryl methyl sites for hydroxylation is 1. The van der Waals surface area contributed by atoms with E-state index in [0.717, 1.165) is 4.88 Å². The van der Waals surface area contributed by atoms with Gasteiger partial charge in [-0.25, -0.2) is 4.98 Å². The maximum Gasteiger partial charge on any atom is 0.245 e. The van der Waals surface area contributed by atoms with E-state index in [0.29, 0.717) is 24.0 Å². The smallest absolute Gasteiger partial charge is 0.245 e. The number of carbonyl (C=O) groups is 2. The van der Waals surface area contributed by atoms with Gasteiger partial charge in [0, 0.05) is 24.0 Å². The van der Waals surface area contributed by atoms with E-state index in [1.54, 1.807) is 11.1 Å². The van der Waals surface area contributed by atoms with E-state index in [-0.39, 0.29) is 24.3 Å². The van der Waals surface area contributed by atoms with Crippen LogP contribution >= 0.6 is 11.3 Å². The van der Waals surface area contributed by atoms with Gasteiger partial charge in [-0.1, -0.05) is 27.7 Å². The molecular formula is C15H25N3O2S. The van der Waals surface area contributed by atoms with Gasteiger partial charge in [0.1, 0.15) is 0 Å². The maximum absolute atomic E-state index is 12.2. The van der Waals surface area contributed by atoms with Crippen molar-refractivity contribution in [2.75, 3.05) is 18.4 Å². The molecule has 1 heterocycles. The molecule has 5 nitrogen and oxygen atoms in total. The topological polar surface area (TPSA) is 62.3 Å². The molecule has 0 aliphatic rings. The van der Waals surface area contributed by atoms with Crippen LogP contribution in [-0.4, -0.2) is 34.8 Å². The van der Waals surface area contributed by atoms with Crippen molar-refractivity contribution in [1.29, 1.82) is 0 Å². The fraction of sp³-hybridized carbons (Fsp3) is 0.667. The van der Waals surface area contributed by atoms with Crippen molar-refractivity contribution in [2.45, 2.75) is 41.0 Å². The minimum absolute atomic E-state index is 0.0316. The summed E-state index contributed by atoms with van der Waals surface area (Å²) in [7, 11) is 0. The first-order chi connectivity index (χ1) is 9.77. The molecular weight excluding hydrogens is 286 g/mol. The Balaban J connectivity index is 2.62. The van der Waals surface area contributed by atoms with Gasteiger partial charge in [0.05, 0.1) is 6.54 Å². The average Bonchev–Trinajstić information content (AvgIpc) is 2.72. The zero-order valence-corrected chi connectivity index (χ0v) is 14.3. The van der Waals surface area contributed by atoms with Gasteiger partial charge in [-0.2, -0.15) is 0 Å². The molecule has 2 amide bonds. The molecule has 0 fully saturated rings. The van der Waals surface area contributed by atoms with Crippen LogP contribution in [-0.2, 0) is 9.59 Å². The van der Waals surface area contributed by atoms with Crippen LogP contribution in [0.2, 0.25) is 0 Å². The second-order valence-electron chi connectivity index (χ2n) is 6.09. The predicted molar refractivity (Wildman–Crippen MR) is 86.4 cm³/mol. The Kier molecular flexibility index (Phi) is 6.81. The number of aromatic nitrogens is 1. The highest BCUT2D eigenvalue weighted by atomic mass is 32.1. The van der Waals surface area contributed by atoms with E-state index in [4.69, 9.17) is 0 Å². The summed E-state index contributed by atoms with van der Waals surface area (Å²) in [6.45, 7) is 10.7. The molecule has 21 heavy (non-hydrogen) atoms. The molecule has 0 spiro atoms. The molecule has 1 rings (SSSR count). The van der Waals surface area contributed by atoms with Gasteiger partial charge in [0.2, 0.25) is 11.8 Å². The van der Waals surface area contributed by atoms with Crippen LogP contribution in [0.1, 0.15) is 39.0 Å². The number of anilines is 1. The second-order valence-corrected chi connectivity index (χ2v) is 7.33. The second kappa shape index (κ2) is 8.12. The lowest BCUT2D eigenvalue weighted by molar-refractivity contribution is -0.135. The molecule has 0 radical (unpaired) electrons. The Hall–Kier alpha value is -1.43. The molecule has 1 N–H and O–H groups in total. The van der Waals surface area contributed by atoms with Crippen molar-refractivity contribution in [1.82, 2.24) is 9.88 Å². The van der Waals surface area contributed by atoms with Crippen LogP contribution in [0.3, 0.4) is 0 Å². The number of hydrogen-bond acceptors (Lipinski definition) is 4.